The average Bonchev–Trinajstić information content (AvgIpc) is 3.13. The van der Waals surface area contributed by atoms with Gasteiger partial charge < -0.3 is 0 Å². The van der Waals surface area contributed by atoms with Gasteiger partial charge in [-0.25, -0.2) is 18.6 Å². The van der Waals surface area contributed by atoms with Gasteiger partial charge in [-0.2, -0.15) is 4.57 Å². The van der Waals surface area contributed by atoms with E-state index in [9.17, 15) is 0 Å². The Morgan fingerprint density at radius 1 is 0.600 bits per heavy atom. The molecule has 0 bridgehead atoms. The van der Waals surface area contributed by atoms with Crippen molar-refractivity contribution >= 4 is 0 Å². The molecule has 1 aromatic heterocycles. The molecule has 0 amide bonds. The highest BCUT2D eigenvalue weighted by atomic mass is 35.7. The minimum atomic E-state index is -4.94. The van der Waals surface area contributed by atoms with Crippen LogP contribution in [0.3, 0.4) is 0 Å². The first-order chi connectivity index (χ1) is 16.9. The molecule has 6 rings (SSSR count). The summed E-state index contributed by atoms with van der Waals surface area (Å²) in [6.45, 7) is 0. The molecule has 1 spiro atoms. The van der Waals surface area contributed by atoms with Crippen LogP contribution in [-0.4, -0.2) is 0 Å². The van der Waals surface area contributed by atoms with Crippen molar-refractivity contribution in [2.75, 3.05) is 0 Å². The van der Waals surface area contributed by atoms with E-state index in [1.54, 1.807) is 0 Å². The summed E-state index contributed by atoms with van der Waals surface area (Å²) >= 11 is 0. The van der Waals surface area contributed by atoms with E-state index < -0.39 is 10.2 Å². The number of hydrogen-bond acceptors (Lipinski definition) is 4. The first-order valence-corrected chi connectivity index (χ1v) is 13.0. The van der Waals surface area contributed by atoms with Crippen LogP contribution < -0.4 is 23.2 Å². The molecule has 2 aliphatic rings. The van der Waals surface area contributed by atoms with E-state index in [2.05, 4.69) is 102 Å². The van der Waals surface area contributed by atoms with Crippen LogP contribution in [0.1, 0.15) is 43.4 Å². The largest absolute Gasteiger partial charge is 0.222 e. The Hall–Kier alpha value is -3.06. The van der Waals surface area contributed by atoms with E-state index >= 15 is 0 Å². The maximum absolute atomic E-state index is 8.49. The number of para-hydroxylation sites is 1. The fourth-order valence-corrected chi connectivity index (χ4v) is 5.72. The minimum absolute atomic E-state index is 0.142. The molecule has 1 aliphatic heterocycles. The molecule has 5 nitrogen and oxygen atoms in total. The van der Waals surface area contributed by atoms with Crippen molar-refractivity contribution in [3.63, 3.8) is 0 Å². The molecular formula is C29H26ClNO4. The van der Waals surface area contributed by atoms with Gasteiger partial charge in [-0.05, 0) is 36.1 Å². The summed E-state index contributed by atoms with van der Waals surface area (Å²) in [5.41, 5.74) is 9.69. The minimum Gasteiger partial charge on any atom is -0.222 e. The van der Waals surface area contributed by atoms with Crippen molar-refractivity contribution in [1.82, 2.24) is 0 Å². The second-order valence-electron chi connectivity index (χ2n) is 9.12. The van der Waals surface area contributed by atoms with Crippen molar-refractivity contribution in [3.05, 3.63) is 108 Å². The first kappa shape index (κ1) is 23.7. The van der Waals surface area contributed by atoms with Gasteiger partial charge in [0.25, 0.3) is 0 Å². The normalized spacial score (nSPS) is 15.7. The van der Waals surface area contributed by atoms with Crippen LogP contribution in [0.5, 0.6) is 0 Å². The molecule has 0 saturated heterocycles. The molecule has 0 N–H and O–H groups in total. The lowest BCUT2D eigenvalue weighted by molar-refractivity contribution is -2.00. The quantitative estimate of drug-likeness (QED) is 0.404. The standard InChI is InChI=1S/C29H26N.ClHO4/c1-4-12-22(13-5-1)24-20-27(23-14-6-2-7-15-23)30-26-17-9-8-16-25(26)29(28(30)21-24)18-10-3-11-19-29;2-1(3,4)5/h1-2,4-9,12-17,20-21H,3,10-11,18-19H2;(H,2,3,4,5)/q+1;/p-1. The van der Waals surface area contributed by atoms with Gasteiger partial charge in [-0.3, -0.25) is 0 Å². The molecule has 35 heavy (non-hydrogen) atoms. The molecule has 4 aromatic rings. The van der Waals surface area contributed by atoms with E-state index in [1.165, 1.54) is 71.4 Å². The third-order valence-electron chi connectivity index (χ3n) is 7.10. The van der Waals surface area contributed by atoms with Crippen LogP contribution in [0.15, 0.2) is 97.1 Å². The SMILES string of the molecule is [O-][Cl+3]([O-])([O-])[O-].c1ccc(-c2cc(-c3ccccc3)[n+]3c(c2)C2(CCCCC2)c2ccccc2-3)cc1. The summed E-state index contributed by atoms with van der Waals surface area (Å²) in [6.07, 6.45) is 6.47. The molecule has 1 saturated carbocycles. The summed E-state index contributed by atoms with van der Waals surface area (Å²) < 4.78 is 36.5. The predicted octanol–water partition coefficient (Wildman–Crippen LogP) is 2.10. The molecule has 3 aromatic carbocycles. The van der Waals surface area contributed by atoms with Crippen LogP contribution in [0, 0.1) is 10.2 Å². The van der Waals surface area contributed by atoms with Crippen LogP contribution in [0.4, 0.5) is 0 Å². The van der Waals surface area contributed by atoms with Crippen molar-refractivity contribution in [1.29, 1.82) is 0 Å². The maximum atomic E-state index is 8.49. The number of nitrogens with zero attached hydrogens (tertiary/aromatic N) is 1. The van der Waals surface area contributed by atoms with Gasteiger partial charge in [0, 0.05) is 29.3 Å². The maximum Gasteiger partial charge on any atom is 0.219 e. The smallest absolute Gasteiger partial charge is 0.219 e. The Kier molecular flexibility index (Phi) is 6.45. The lowest BCUT2D eigenvalue weighted by atomic mass is 9.68. The highest BCUT2D eigenvalue weighted by Gasteiger charge is 2.51. The lowest BCUT2D eigenvalue weighted by Gasteiger charge is -2.31. The first-order valence-electron chi connectivity index (χ1n) is 11.8. The average molecular weight is 488 g/mol. The number of rotatable bonds is 2. The lowest BCUT2D eigenvalue weighted by Crippen LogP contribution is -2.68. The van der Waals surface area contributed by atoms with E-state index in [1.807, 2.05) is 0 Å². The number of halogens is 1. The van der Waals surface area contributed by atoms with Gasteiger partial charge >= 0.3 is 0 Å². The summed E-state index contributed by atoms with van der Waals surface area (Å²) in [5, 5.41) is 0. The van der Waals surface area contributed by atoms with E-state index in [0.29, 0.717) is 0 Å². The van der Waals surface area contributed by atoms with Gasteiger partial charge in [0.15, 0.2) is 5.69 Å². The fraction of sp³-hybridized carbons (Fsp3) is 0.207. The van der Waals surface area contributed by atoms with Crippen molar-refractivity contribution in [2.24, 2.45) is 0 Å². The Labute approximate surface area is 207 Å². The summed E-state index contributed by atoms with van der Waals surface area (Å²) in [5.74, 6) is 0. The summed E-state index contributed by atoms with van der Waals surface area (Å²) in [4.78, 5) is 0. The summed E-state index contributed by atoms with van der Waals surface area (Å²) in [7, 11) is -4.94. The number of benzene rings is 3. The summed E-state index contributed by atoms with van der Waals surface area (Å²) in [6, 6.07) is 35.7. The Balaban J connectivity index is 0.000000464. The monoisotopic (exact) mass is 487 g/mol. The molecule has 0 radical (unpaired) electrons. The molecular weight excluding hydrogens is 462 g/mol. The van der Waals surface area contributed by atoms with Gasteiger partial charge in [0.1, 0.15) is 0 Å². The Morgan fingerprint density at radius 2 is 1.14 bits per heavy atom. The topological polar surface area (TPSA) is 96.1 Å². The number of fused-ring (bicyclic) bond motifs is 5. The highest BCUT2D eigenvalue weighted by Crippen LogP contribution is 2.50. The van der Waals surface area contributed by atoms with Crippen molar-refractivity contribution in [2.45, 2.75) is 37.5 Å². The Morgan fingerprint density at radius 3 is 1.77 bits per heavy atom. The third-order valence-corrected chi connectivity index (χ3v) is 7.10. The van der Waals surface area contributed by atoms with Crippen LogP contribution in [-0.2, 0) is 5.41 Å². The molecule has 1 aliphatic carbocycles. The van der Waals surface area contributed by atoms with Gasteiger partial charge in [0.05, 0.1) is 5.41 Å². The number of pyridine rings is 1. The zero-order chi connectivity index (χ0) is 24.5. The zero-order valence-electron chi connectivity index (χ0n) is 19.2. The van der Waals surface area contributed by atoms with Crippen molar-refractivity contribution < 1.29 is 33.4 Å². The van der Waals surface area contributed by atoms with Crippen LogP contribution >= 0.6 is 0 Å². The fourth-order valence-electron chi connectivity index (χ4n) is 5.72. The van der Waals surface area contributed by atoms with Gasteiger partial charge in [-0.15, -0.1) is 10.2 Å². The molecule has 6 heteroatoms. The van der Waals surface area contributed by atoms with E-state index in [0.717, 1.165) is 0 Å². The molecule has 1 fully saturated rings. The second kappa shape index (κ2) is 9.53. The molecule has 0 unspecified atom stereocenters. The predicted molar refractivity (Wildman–Crippen MR) is 123 cm³/mol. The van der Waals surface area contributed by atoms with Gasteiger partial charge in [-0.1, -0.05) is 86.0 Å². The van der Waals surface area contributed by atoms with Crippen LogP contribution in [0.2, 0.25) is 0 Å². The van der Waals surface area contributed by atoms with Crippen molar-refractivity contribution in [3.8, 4) is 28.1 Å². The number of aromatic nitrogens is 1. The second-order valence-corrected chi connectivity index (χ2v) is 9.88. The third kappa shape index (κ3) is 4.74. The Bertz CT molecular complexity index is 1310. The van der Waals surface area contributed by atoms with Gasteiger partial charge in [0.2, 0.25) is 11.4 Å². The molecule has 2 heterocycles. The highest BCUT2D eigenvalue weighted by molar-refractivity contribution is 5.71. The number of hydrogen-bond donors (Lipinski definition) is 0. The van der Waals surface area contributed by atoms with E-state index in [-0.39, 0.29) is 5.41 Å². The zero-order valence-corrected chi connectivity index (χ0v) is 20.0. The molecule has 178 valence electrons. The molecule has 0 atom stereocenters. The van der Waals surface area contributed by atoms with Crippen LogP contribution in [0.25, 0.3) is 28.1 Å². The van der Waals surface area contributed by atoms with E-state index in [4.69, 9.17) is 18.6 Å².